The van der Waals surface area contributed by atoms with Crippen LogP contribution in [0, 0.1) is 0 Å². The molecular weight excluding hydrogens is 556 g/mol. The predicted molar refractivity (Wildman–Crippen MR) is 168 cm³/mol. The molecule has 0 aliphatic heterocycles. The van der Waals surface area contributed by atoms with E-state index in [0.717, 1.165) is 28.2 Å². The van der Waals surface area contributed by atoms with Crippen molar-refractivity contribution in [3.8, 4) is 0 Å². The normalized spacial score (nSPS) is 11.3. The van der Waals surface area contributed by atoms with Gasteiger partial charge in [0.15, 0.2) is 0 Å². The van der Waals surface area contributed by atoms with Gasteiger partial charge in [0.25, 0.3) is 0 Å². The number of ether oxygens (including phenoxy) is 2. The van der Waals surface area contributed by atoms with Crippen LogP contribution in [-0.4, -0.2) is 50.6 Å². The second-order valence-electron chi connectivity index (χ2n) is 11.4. The van der Waals surface area contributed by atoms with E-state index in [2.05, 4.69) is 30.5 Å². The lowest BCUT2D eigenvalue weighted by atomic mass is 10.1. The van der Waals surface area contributed by atoms with Crippen LogP contribution in [0.1, 0.15) is 49.0 Å². The topological polar surface area (TPSA) is 119 Å². The van der Waals surface area contributed by atoms with E-state index in [9.17, 15) is 9.59 Å². The van der Waals surface area contributed by atoms with E-state index in [4.69, 9.17) is 9.47 Å². The van der Waals surface area contributed by atoms with E-state index in [1.807, 2.05) is 93.6 Å². The molecule has 0 bridgehead atoms. The monoisotopic (exact) mass is 596 g/mol. The number of aromatic nitrogens is 3. The average molecular weight is 597 g/mol. The van der Waals surface area contributed by atoms with Gasteiger partial charge >= 0.3 is 6.09 Å². The summed E-state index contributed by atoms with van der Waals surface area (Å²) < 4.78 is 10.9. The van der Waals surface area contributed by atoms with Crippen LogP contribution in [0.2, 0.25) is 0 Å². The Morgan fingerprint density at radius 2 is 1.39 bits per heavy atom. The van der Waals surface area contributed by atoms with Crippen molar-refractivity contribution in [1.29, 1.82) is 0 Å². The number of rotatable bonds is 14. The zero-order valence-corrected chi connectivity index (χ0v) is 25.5. The van der Waals surface area contributed by atoms with Gasteiger partial charge in [-0.3, -0.25) is 24.6 Å². The fourth-order valence-electron chi connectivity index (χ4n) is 4.31. The third-order valence-electron chi connectivity index (χ3n) is 6.32. The molecule has 10 nitrogen and oxygen atoms in total. The molecule has 0 radical (unpaired) electrons. The van der Waals surface area contributed by atoms with Crippen molar-refractivity contribution < 1.29 is 19.1 Å². The molecule has 0 unspecified atom stereocenters. The molecule has 0 atom stereocenters. The molecule has 2 amide bonds. The van der Waals surface area contributed by atoms with E-state index in [1.165, 1.54) is 0 Å². The van der Waals surface area contributed by atoms with E-state index in [1.54, 1.807) is 18.6 Å². The summed E-state index contributed by atoms with van der Waals surface area (Å²) in [6.45, 7) is 8.11. The molecule has 3 aromatic heterocycles. The third-order valence-corrected chi connectivity index (χ3v) is 6.32. The molecule has 10 heteroatoms. The number of hydrogen-bond acceptors (Lipinski definition) is 8. The highest BCUT2D eigenvalue weighted by atomic mass is 16.6. The highest BCUT2D eigenvalue weighted by molar-refractivity contribution is 5.91. The van der Waals surface area contributed by atoms with Crippen molar-refractivity contribution in [2.75, 3.05) is 18.5 Å². The molecule has 2 N–H and O–H groups in total. The summed E-state index contributed by atoms with van der Waals surface area (Å²) in [5.41, 5.74) is 4.94. The Morgan fingerprint density at radius 3 is 1.93 bits per heavy atom. The maximum Gasteiger partial charge on any atom is 0.407 e. The predicted octanol–water partition coefficient (Wildman–Crippen LogP) is 5.30. The first kappa shape index (κ1) is 32.2. The van der Waals surface area contributed by atoms with Crippen LogP contribution in [0.4, 0.5) is 10.5 Å². The molecule has 230 valence electrons. The lowest BCUT2D eigenvalue weighted by molar-refractivity contribution is -0.121. The summed E-state index contributed by atoms with van der Waals surface area (Å²) in [5.74, 6) is -0.242. The summed E-state index contributed by atoms with van der Waals surface area (Å²) in [5, 5.41) is 5.58. The fraction of sp³-hybridized carbons (Fsp3) is 0.324. The van der Waals surface area contributed by atoms with Gasteiger partial charge in [-0.25, -0.2) is 4.79 Å². The van der Waals surface area contributed by atoms with Crippen molar-refractivity contribution in [3.05, 3.63) is 120 Å². The number of benzene rings is 1. The standard InChI is InChI=1S/C34H40N6O4/c1-34(2,3)44-33(42)37-19-16-26-10-13-28(14-11-26)39-32(41)25-43-24-27-12-15-31(38-20-27)23-40(21-29-8-4-6-17-35-29)22-30-9-5-7-18-36-30/h4-15,17-18,20H,16,19,21-25H2,1-3H3,(H,37,42)(H,39,41). The van der Waals surface area contributed by atoms with Gasteiger partial charge in [-0.1, -0.05) is 30.3 Å². The molecule has 1 aromatic carbocycles. The first-order valence-electron chi connectivity index (χ1n) is 14.6. The molecule has 44 heavy (non-hydrogen) atoms. The molecule has 0 saturated carbocycles. The summed E-state index contributed by atoms with van der Waals surface area (Å²) in [6.07, 6.45) is 5.59. The van der Waals surface area contributed by atoms with Crippen LogP contribution in [-0.2, 0) is 46.9 Å². The van der Waals surface area contributed by atoms with Gasteiger partial charge in [0.05, 0.1) is 23.7 Å². The number of pyridine rings is 3. The average Bonchev–Trinajstić information content (AvgIpc) is 2.99. The Hall–Kier alpha value is -4.67. The Kier molecular flexibility index (Phi) is 11.9. The number of carbonyl (C=O) groups excluding carboxylic acids is 2. The van der Waals surface area contributed by atoms with Crippen molar-refractivity contribution in [1.82, 2.24) is 25.2 Å². The van der Waals surface area contributed by atoms with E-state index >= 15 is 0 Å². The number of nitrogens with zero attached hydrogens (tertiary/aromatic N) is 4. The van der Waals surface area contributed by atoms with Crippen LogP contribution in [0.15, 0.2) is 91.4 Å². The Balaban J connectivity index is 1.19. The molecular formula is C34H40N6O4. The Morgan fingerprint density at radius 1 is 0.773 bits per heavy atom. The summed E-state index contributed by atoms with van der Waals surface area (Å²) in [4.78, 5) is 40.0. The second kappa shape index (κ2) is 16.3. The number of hydrogen-bond donors (Lipinski definition) is 2. The molecule has 0 saturated heterocycles. The lowest BCUT2D eigenvalue weighted by Crippen LogP contribution is -2.33. The third kappa shape index (κ3) is 11.9. The number of anilines is 1. The number of nitrogens with one attached hydrogen (secondary N) is 2. The van der Waals surface area contributed by atoms with Gasteiger partial charge in [-0.15, -0.1) is 0 Å². The zero-order chi connectivity index (χ0) is 31.2. The van der Waals surface area contributed by atoms with Crippen LogP contribution < -0.4 is 10.6 Å². The maximum absolute atomic E-state index is 12.4. The zero-order valence-electron chi connectivity index (χ0n) is 25.5. The summed E-state index contributed by atoms with van der Waals surface area (Å²) in [7, 11) is 0. The molecule has 0 aliphatic rings. The SMILES string of the molecule is CC(C)(C)OC(=O)NCCc1ccc(NC(=O)COCc2ccc(CN(Cc3ccccn3)Cc3ccccn3)nc2)cc1. The first-order chi connectivity index (χ1) is 21.2. The van der Waals surface area contributed by atoms with Crippen LogP contribution in [0.5, 0.6) is 0 Å². The van der Waals surface area contributed by atoms with E-state index in [-0.39, 0.29) is 19.1 Å². The highest BCUT2D eigenvalue weighted by Crippen LogP contribution is 2.13. The molecule has 0 aliphatic carbocycles. The van der Waals surface area contributed by atoms with Crippen molar-refractivity contribution in [3.63, 3.8) is 0 Å². The van der Waals surface area contributed by atoms with Crippen LogP contribution in [0.25, 0.3) is 0 Å². The quantitative estimate of drug-likeness (QED) is 0.201. The van der Waals surface area contributed by atoms with E-state index < -0.39 is 11.7 Å². The Labute approximate surface area is 258 Å². The summed E-state index contributed by atoms with van der Waals surface area (Å²) >= 11 is 0. The number of alkyl carbamates (subject to hydrolysis) is 1. The van der Waals surface area contributed by atoms with Crippen molar-refractivity contribution >= 4 is 17.7 Å². The molecule has 4 rings (SSSR count). The summed E-state index contributed by atoms with van der Waals surface area (Å²) in [6, 6.07) is 23.2. The van der Waals surface area contributed by atoms with Gasteiger partial charge in [0.1, 0.15) is 12.2 Å². The number of carbonyl (C=O) groups is 2. The molecule has 3 heterocycles. The van der Waals surface area contributed by atoms with Crippen molar-refractivity contribution in [2.24, 2.45) is 0 Å². The van der Waals surface area contributed by atoms with Gasteiger partial charge < -0.3 is 20.1 Å². The minimum atomic E-state index is -0.528. The van der Waals surface area contributed by atoms with Gasteiger partial charge in [-0.2, -0.15) is 0 Å². The largest absolute Gasteiger partial charge is 0.444 e. The first-order valence-corrected chi connectivity index (χ1v) is 14.6. The van der Waals surface area contributed by atoms with Crippen LogP contribution in [0.3, 0.4) is 0 Å². The Bertz CT molecular complexity index is 1400. The second-order valence-corrected chi connectivity index (χ2v) is 11.4. The lowest BCUT2D eigenvalue weighted by Gasteiger charge is -2.21. The molecule has 0 spiro atoms. The van der Waals surface area contributed by atoms with Gasteiger partial charge in [0.2, 0.25) is 5.91 Å². The molecule has 4 aromatic rings. The fourth-order valence-corrected chi connectivity index (χ4v) is 4.31. The minimum Gasteiger partial charge on any atom is -0.444 e. The van der Waals surface area contributed by atoms with Gasteiger partial charge in [0, 0.05) is 50.5 Å². The smallest absolute Gasteiger partial charge is 0.407 e. The maximum atomic E-state index is 12.4. The van der Waals surface area contributed by atoms with Gasteiger partial charge in [-0.05, 0) is 80.8 Å². The number of amides is 2. The van der Waals surface area contributed by atoms with Crippen LogP contribution >= 0.6 is 0 Å². The van der Waals surface area contributed by atoms with Crippen molar-refractivity contribution in [2.45, 2.75) is 59.0 Å². The van der Waals surface area contributed by atoms with E-state index in [0.29, 0.717) is 38.3 Å². The minimum absolute atomic E-state index is 0.0781. The highest BCUT2D eigenvalue weighted by Gasteiger charge is 2.15. The molecule has 0 fully saturated rings.